The number of allylic oxidation sites excluding steroid dienone is 2. The standard InChI is InChI=1S/C11H20O/c1-3-4-5-6-7-8-9-11(2)10-12/h7-8,12H,2-6,9-10H2,1H3. The molecule has 0 aliphatic heterocycles. The molecule has 1 N–H and O–H groups in total. The zero-order valence-corrected chi connectivity index (χ0v) is 8.05. The van der Waals surface area contributed by atoms with Crippen LogP contribution in [0.1, 0.15) is 39.0 Å². The minimum absolute atomic E-state index is 0.110. The average Bonchev–Trinajstić information content (AvgIpc) is 2.10. The molecule has 0 fully saturated rings. The maximum atomic E-state index is 8.64. The van der Waals surface area contributed by atoms with E-state index in [2.05, 4.69) is 25.7 Å². The Kier molecular flexibility index (Phi) is 8.14. The summed E-state index contributed by atoms with van der Waals surface area (Å²) in [4.78, 5) is 0. The van der Waals surface area contributed by atoms with Crippen LogP contribution in [0, 0.1) is 0 Å². The first-order chi connectivity index (χ1) is 5.81. The predicted octanol–water partition coefficient (Wildman–Crippen LogP) is 3.06. The fraction of sp³-hybridized carbons (Fsp3) is 0.636. The van der Waals surface area contributed by atoms with Crippen LogP contribution in [0.4, 0.5) is 0 Å². The minimum Gasteiger partial charge on any atom is -0.392 e. The summed E-state index contributed by atoms with van der Waals surface area (Å²) in [6.07, 6.45) is 10.1. The van der Waals surface area contributed by atoms with Gasteiger partial charge in [-0.1, -0.05) is 38.5 Å². The van der Waals surface area contributed by atoms with Gasteiger partial charge < -0.3 is 5.11 Å². The summed E-state index contributed by atoms with van der Waals surface area (Å²) in [5, 5.41) is 8.64. The summed E-state index contributed by atoms with van der Waals surface area (Å²) < 4.78 is 0. The number of unbranched alkanes of at least 4 members (excludes halogenated alkanes) is 3. The number of hydrogen-bond acceptors (Lipinski definition) is 1. The Morgan fingerprint density at radius 2 is 2.08 bits per heavy atom. The molecule has 0 saturated carbocycles. The molecule has 0 bridgehead atoms. The summed E-state index contributed by atoms with van der Waals surface area (Å²) >= 11 is 0. The van der Waals surface area contributed by atoms with Crippen molar-refractivity contribution in [2.75, 3.05) is 6.61 Å². The summed E-state index contributed by atoms with van der Waals surface area (Å²) in [5.74, 6) is 0. The van der Waals surface area contributed by atoms with Crippen molar-refractivity contribution in [1.82, 2.24) is 0 Å². The molecule has 0 atom stereocenters. The van der Waals surface area contributed by atoms with Crippen LogP contribution in [0.5, 0.6) is 0 Å². The largest absolute Gasteiger partial charge is 0.392 e. The van der Waals surface area contributed by atoms with Crippen LogP contribution < -0.4 is 0 Å². The number of aliphatic hydroxyl groups excluding tert-OH is 1. The molecule has 70 valence electrons. The van der Waals surface area contributed by atoms with Crippen molar-refractivity contribution in [3.8, 4) is 0 Å². The molecule has 1 nitrogen and oxygen atoms in total. The van der Waals surface area contributed by atoms with Gasteiger partial charge in [0.25, 0.3) is 0 Å². The third-order valence-electron chi connectivity index (χ3n) is 1.77. The van der Waals surface area contributed by atoms with Crippen LogP contribution in [-0.4, -0.2) is 11.7 Å². The Bertz CT molecular complexity index is 136. The second-order valence-electron chi connectivity index (χ2n) is 3.08. The van der Waals surface area contributed by atoms with Gasteiger partial charge in [0.15, 0.2) is 0 Å². The molecule has 0 heterocycles. The highest BCUT2D eigenvalue weighted by molar-refractivity contribution is 5.01. The maximum Gasteiger partial charge on any atom is 0.0642 e. The summed E-state index contributed by atoms with van der Waals surface area (Å²) in [6.45, 7) is 6.02. The smallest absolute Gasteiger partial charge is 0.0642 e. The summed E-state index contributed by atoms with van der Waals surface area (Å²) in [7, 11) is 0. The lowest BCUT2D eigenvalue weighted by Crippen LogP contribution is -1.84. The van der Waals surface area contributed by atoms with Crippen LogP contribution in [0.15, 0.2) is 24.3 Å². The van der Waals surface area contributed by atoms with Gasteiger partial charge >= 0.3 is 0 Å². The van der Waals surface area contributed by atoms with Gasteiger partial charge in [-0.15, -0.1) is 0 Å². The molecular weight excluding hydrogens is 148 g/mol. The summed E-state index contributed by atoms with van der Waals surface area (Å²) in [5.41, 5.74) is 0.891. The maximum absolute atomic E-state index is 8.64. The topological polar surface area (TPSA) is 20.2 Å². The van der Waals surface area contributed by atoms with E-state index in [1.165, 1.54) is 19.3 Å². The van der Waals surface area contributed by atoms with Gasteiger partial charge in [-0.2, -0.15) is 0 Å². The number of hydrogen-bond donors (Lipinski definition) is 1. The third-order valence-corrected chi connectivity index (χ3v) is 1.77. The molecule has 0 radical (unpaired) electrons. The summed E-state index contributed by atoms with van der Waals surface area (Å²) in [6, 6.07) is 0. The Labute approximate surface area is 75.8 Å². The Morgan fingerprint density at radius 3 is 2.67 bits per heavy atom. The van der Waals surface area contributed by atoms with Crippen molar-refractivity contribution in [2.24, 2.45) is 0 Å². The first-order valence-corrected chi connectivity index (χ1v) is 4.73. The van der Waals surface area contributed by atoms with Gasteiger partial charge in [0.1, 0.15) is 0 Å². The third kappa shape index (κ3) is 7.55. The molecule has 0 aromatic heterocycles. The van der Waals surface area contributed by atoms with Gasteiger partial charge in [-0.3, -0.25) is 0 Å². The van der Waals surface area contributed by atoms with Gasteiger partial charge in [0, 0.05) is 0 Å². The van der Waals surface area contributed by atoms with E-state index in [0.29, 0.717) is 0 Å². The van der Waals surface area contributed by atoms with Gasteiger partial charge in [0.2, 0.25) is 0 Å². The van der Waals surface area contributed by atoms with Crippen LogP contribution in [-0.2, 0) is 0 Å². The second-order valence-corrected chi connectivity index (χ2v) is 3.08. The lowest BCUT2D eigenvalue weighted by molar-refractivity contribution is 0.329. The Hall–Kier alpha value is -0.560. The first-order valence-electron chi connectivity index (χ1n) is 4.73. The second kappa shape index (κ2) is 8.54. The molecule has 0 aromatic carbocycles. The fourth-order valence-corrected chi connectivity index (χ4v) is 0.945. The SMILES string of the molecule is C=C(CO)CC=CCCCCC. The molecule has 0 unspecified atom stereocenters. The van der Waals surface area contributed by atoms with Crippen LogP contribution in [0.25, 0.3) is 0 Å². The van der Waals surface area contributed by atoms with Crippen molar-refractivity contribution in [2.45, 2.75) is 39.0 Å². The quantitative estimate of drug-likeness (QED) is 0.457. The predicted molar refractivity (Wildman–Crippen MR) is 54.1 cm³/mol. The van der Waals surface area contributed by atoms with Crippen molar-refractivity contribution >= 4 is 0 Å². The van der Waals surface area contributed by atoms with Crippen LogP contribution >= 0.6 is 0 Å². The molecule has 12 heavy (non-hydrogen) atoms. The van der Waals surface area contributed by atoms with Crippen LogP contribution in [0.3, 0.4) is 0 Å². The van der Waals surface area contributed by atoms with Crippen molar-refractivity contribution in [3.63, 3.8) is 0 Å². The average molecular weight is 168 g/mol. The number of rotatable bonds is 7. The van der Waals surface area contributed by atoms with E-state index < -0.39 is 0 Å². The molecule has 0 saturated heterocycles. The lowest BCUT2D eigenvalue weighted by Gasteiger charge is -1.94. The van der Waals surface area contributed by atoms with Crippen molar-refractivity contribution in [1.29, 1.82) is 0 Å². The Balaban J connectivity index is 3.19. The molecule has 0 rings (SSSR count). The van der Waals surface area contributed by atoms with Gasteiger partial charge in [0.05, 0.1) is 6.61 Å². The van der Waals surface area contributed by atoms with E-state index >= 15 is 0 Å². The fourth-order valence-electron chi connectivity index (χ4n) is 0.945. The highest BCUT2D eigenvalue weighted by atomic mass is 16.3. The normalized spacial score (nSPS) is 10.8. The van der Waals surface area contributed by atoms with E-state index in [0.717, 1.165) is 18.4 Å². The molecule has 1 heteroatoms. The molecule has 0 aliphatic carbocycles. The minimum atomic E-state index is 0.110. The van der Waals surface area contributed by atoms with Crippen molar-refractivity contribution < 1.29 is 5.11 Å². The molecule has 0 aromatic rings. The number of aliphatic hydroxyl groups is 1. The molecule has 0 spiro atoms. The van der Waals surface area contributed by atoms with E-state index in [4.69, 9.17) is 5.11 Å². The first kappa shape index (κ1) is 11.4. The lowest BCUT2D eigenvalue weighted by atomic mass is 10.1. The van der Waals surface area contributed by atoms with Crippen molar-refractivity contribution in [3.05, 3.63) is 24.3 Å². The zero-order valence-electron chi connectivity index (χ0n) is 8.05. The van der Waals surface area contributed by atoms with Gasteiger partial charge in [-0.25, -0.2) is 0 Å². The zero-order chi connectivity index (χ0) is 9.23. The van der Waals surface area contributed by atoms with E-state index in [9.17, 15) is 0 Å². The monoisotopic (exact) mass is 168 g/mol. The van der Waals surface area contributed by atoms with E-state index in [1.54, 1.807) is 0 Å². The van der Waals surface area contributed by atoms with Gasteiger partial charge in [-0.05, 0) is 24.8 Å². The van der Waals surface area contributed by atoms with E-state index in [-0.39, 0.29) is 6.61 Å². The molecule has 0 amide bonds. The highest BCUT2D eigenvalue weighted by Crippen LogP contribution is 2.02. The van der Waals surface area contributed by atoms with E-state index in [1.807, 2.05) is 0 Å². The molecule has 0 aliphatic rings. The highest BCUT2D eigenvalue weighted by Gasteiger charge is 1.86. The van der Waals surface area contributed by atoms with Crippen LogP contribution in [0.2, 0.25) is 0 Å². The Morgan fingerprint density at radius 1 is 1.33 bits per heavy atom. The molecular formula is C11H20O.